The summed E-state index contributed by atoms with van der Waals surface area (Å²) < 4.78 is 58.3. The highest BCUT2D eigenvalue weighted by Crippen LogP contribution is 2.35. The molecule has 2 N–H and O–H groups in total. The highest BCUT2D eigenvalue weighted by molar-refractivity contribution is 5.89. The molecule has 0 saturated carbocycles. The monoisotopic (exact) mass is 583 g/mol. The molecule has 4 rings (SSSR count). The number of nitrogens with zero attached hydrogens (tertiary/aromatic N) is 3. The van der Waals surface area contributed by atoms with Crippen molar-refractivity contribution in [1.82, 2.24) is 20.1 Å². The normalized spacial score (nSPS) is 20.9. The van der Waals surface area contributed by atoms with Crippen molar-refractivity contribution in [3.8, 4) is 17.1 Å². The summed E-state index contributed by atoms with van der Waals surface area (Å²) in [7, 11) is 1.60. The second-order valence-electron chi connectivity index (χ2n) is 10.9. The van der Waals surface area contributed by atoms with E-state index in [1.807, 2.05) is 18.2 Å². The van der Waals surface area contributed by atoms with Crippen molar-refractivity contribution in [2.45, 2.75) is 50.7 Å². The van der Waals surface area contributed by atoms with Gasteiger partial charge >= 0.3 is 18.1 Å². The Labute approximate surface area is 236 Å². The Kier molecular flexibility index (Phi) is 9.57. The van der Waals surface area contributed by atoms with E-state index in [-0.39, 0.29) is 6.54 Å². The Balaban J connectivity index is 1.35. The van der Waals surface area contributed by atoms with Crippen LogP contribution in [0.15, 0.2) is 35.2 Å². The lowest BCUT2D eigenvalue weighted by Gasteiger charge is -2.46. The van der Waals surface area contributed by atoms with Gasteiger partial charge in [-0.3, -0.25) is 19.9 Å². The minimum atomic E-state index is -5.20. The molecule has 226 valence electrons. The van der Waals surface area contributed by atoms with Gasteiger partial charge < -0.3 is 23.9 Å². The van der Waals surface area contributed by atoms with Crippen LogP contribution in [0.3, 0.4) is 0 Å². The summed E-state index contributed by atoms with van der Waals surface area (Å²) in [4.78, 5) is 30.5. The lowest BCUT2D eigenvalue weighted by atomic mass is 9.99. The largest absolute Gasteiger partial charge is 0.496 e. The molecular formula is C27H36F3N5O6. The first-order valence-electron chi connectivity index (χ1n) is 13.4. The maximum absolute atomic E-state index is 12.3. The van der Waals surface area contributed by atoms with E-state index >= 15 is 0 Å². The summed E-state index contributed by atoms with van der Waals surface area (Å²) in [5.41, 5.74) is 1.18. The van der Waals surface area contributed by atoms with Crippen LogP contribution in [0, 0.1) is 0 Å². The second-order valence-corrected chi connectivity index (χ2v) is 10.9. The number of hydrogen-bond donors (Lipinski definition) is 2. The van der Waals surface area contributed by atoms with Crippen LogP contribution in [-0.2, 0) is 19.1 Å². The number of methoxy groups -OCH3 is 1. The number of benzene rings is 1. The van der Waals surface area contributed by atoms with E-state index in [2.05, 4.69) is 39.1 Å². The number of piperazine rings is 1. The predicted molar refractivity (Wildman–Crippen MR) is 142 cm³/mol. The number of carbonyl (C=O) groups is 2. The number of oxazole rings is 1. The number of alkyl halides is 3. The molecule has 2 aromatic rings. The number of carbonyl (C=O) groups excluding carboxylic acids is 2. The van der Waals surface area contributed by atoms with Gasteiger partial charge in [-0.1, -0.05) is 0 Å². The lowest BCUT2D eigenvalue weighted by Crippen LogP contribution is -2.66. The Hall–Kier alpha value is -3.20. The van der Waals surface area contributed by atoms with Crippen molar-refractivity contribution in [3.05, 3.63) is 30.8 Å². The molecule has 0 radical (unpaired) electrons. The Morgan fingerprint density at radius 1 is 1.12 bits per heavy atom. The smallest absolute Gasteiger partial charge is 0.491 e. The van der Waals surface area contributed by atoms with Gasteiger partial charge in [-0.05, 0) is 38.8 Å². The van der Waals surface area contributed by atoms with Gasteiger partial charge in [0, 0.05) is 56.4 Å². The lowest BCUT2D eigenvalue weighted by molar-refractivity contribution is -0.202. The maximum Gasteiger partial charge on any atom is 0.491 e. The standard InChI is InChI=1S/C27H36F3N5O6/c1-25(2,17-35-11-9-34(10-12-35)16-23(36)41-24(37)27(28,29)30)33-26(8-4-5-13-40-26)32-19-6-7-20(21(14-19)38-3)22-15-31-18-39-22/h6-7,14-15,18,32-33H,4-5,8-13,16-17H2,1-3H3. The molecule has 1 aromatic heterocycles. The average molecular weight is 584 g/mol. The molecule has 1 aromatic carbocycles. The van der Waals surface area contributed by atoms with Crippen LogP contribution in [0.4, 0.5) is 18.9 Å². The Bertz CT molecular complexity index is 1180. The predicted octanol–water partition coefficient (Wildman–Crippen LogP) is 3.23. The van der Waals surface area contributed by atoms with Crippen molar-refractivity contribution in [3.63, 3.8) is 0 Å². The first-order chi connectivity index (χ1) is 19.4. The molecule has 0 amide bonds. The molecule has 0 bridgehead atoms. The number of ether oxygens (including phenoxy) is 3. The molecule has 0 spiro atoms. The van der Waals surface area contributed by atoms with E-state index in [1.54, 1.807) is 18.2 Å². The number of hydrogen-bond acceptors (Lipinski definition) is 11. The van der Waals surface area contributed by atoms with Crippen LogP contribution < -0.4 is 15.4 Å². The number of nitrogens with one attached hydrogen (secondary N) is 2. The minimum Gasteiger partial charge on any atom is -0.496 e. The van der Waals surface area contributed by atoms with Gasteiger partial charge in [-0.2, -0.15) is 13.2 Å². The van der Waals surface area contributed by atoms with E-state index in [0.29, 0.717) is 50.8 Å². The third-order valence-corrected chi connectivity index (χ3v) is 6.93. The van der Waals surface area contributed by atoms with Crippen LogP contribution in [0.25, 0.3) is 11.3 Å². The summed E-state index contributed by atoms with van der Waals surface area (Å²) in [5.74, 6) is -3.30. The van der Waals surface area contributed by atoms with E-state index in [9.17, 15) is 22.8 Å². The minimum absolute atomic E-state index is 0.378. The second kappa shape index (κ2) is 12.8. The van der Waals surface area contributed by atoms with Crippen molar-refractivity contribution in [1.29, 1.82) is 0 Å². The molecular weight excluding hydrogens is 547 g/mol. The van der Waals surface area contributed by atoms with Crippen molar-refractivity contribution in [2.24, 2.45) is 0 Å². The molecule has 2 aliphatic heterocycles. The zero-order valence-electron chi connectivity index (χ0n) is 23.4. The van der Waals surface area contributed by atoms with Crippen molar-refractivity contribution >= 4 is 17.6 Å². The van der Waals surface area contributed by atoms with Gasteiger partial charge in [0.1, 0.15) is 5.75 Å². The zero-order chi connectivity index (χ0) is 29.7. The fourth-order valence-electron chi connectivity index (χ4n) is 5.20. The highest BCUT2D eigenvalue weighted by Gasteiger charge is 2.43. The molecule has 2 aliphatic rings. The maximum atomic E-state index is 12.3. The number of halogens is 3. The number of anilines is 1. The van der Waals surface area contributed by atoms with Gasteiger partial charge in [0.05, 0.1) is 32.0 Å². The summed E-state index contributed by atoms with van der Waals surface area (Å²) in [6.07, 6.45) is 0.449. The number of rotatable bonds is 10. The molecule has 11 nitrogen and oxygen atoms in total. The fourth-order valence-corrected chi connectivity index (χ4v) is 5.20. The SMILES string of the molecule is COc1cc(NC2(NC(C)(C)CN3CCN(CC(=O)OC(=O)C(F)(F)F)CC3)CCCCO2)ccc1-c1cnco1. The van der Waals surface area contributed by atoms with Crippen LogP contribution in [0.1, 0.15) is 33.1 Å². The van der Waals surface area contributed by atoms with Gasteiger partial charge in [0.25, 0.3) is 0 Å². The molecule has 0 aliphatic carbocycles. The summed E-state index contributed by atoms with van der Waals surface area (Å²) >= 11 is 0. The molecule has 41 heavy (non-hydrogen) atoms. The molecule has 2 fully saturated rings. The zero-order valence-corrected chi connectivity index (χ0v) is 23.4. The third-order valence-electron chi connectivity index (χ3n) is 6.93. The fraction of sp³-hybridized carbons (Fsp3) is 0.593. The van der Waals surface area contributed by atoms with Gasteiger partial charge in [0.15, 0.2) is 18.0 Å². The summed E-state index contributed by atoms with van der Waals surface area (Å²) in [6.45, 7) is 7.10. The topological polar surface area (TPSA) is 118 Å². The Morgan fingerprint density at radius 3 is 2.46 bits per heavy atom. The average Bonchev–Trinajstić information content (AvgIpc) is 3.44. The highest BCUT2D eigenvalue weighted by atomic mass is 19.4. The van der Waals surface area contributed by atoms with E-state index < -0.39 is 29.5 Å². The van der Waals surface area contributed by atoms with E-state index in [1.165, 1.54) is 6.39 Å². The summed E-state index contributed by atoms with van der Waals surface area (Å²) in [5, 5.41) is 7.23. The van der Waals surface area contributed by atoms with Crippen molar-refractivity contribution < 1.29 is 41.4 Å². The Morgan fingerprint density at radius 2 is 1.85 bits per heavy atom. The van der Waals surface area contributed by atoms with Crippen molar-refractivity contribution in [2.75, 3.05) is 58.3 Å². The quantitative estimate of drug-likeness (QED) is 0.244. The van der Waals surface area contributed by atoms with Gasteiger partial charge in [-0.15, -0.1) is 0 Å². The van der Waals surface area contributed by atoms with Gasteiger partial charge in [-0.25, -0.2) is 9.78 Å². The van der Waals surface area contributed by atoms with Crippen LogP contribution in [0.5, 0.6) is 5.75 Å². The molecule has 14 heteroatoms. The van der Waals surface area contributed by atoms with E-state index in [0.717, 1.165) is 30.5 Å². The third kappa shape index (κ3) is 8.41. The van der Waals surface area contributed by atoms with E-state index in [4.69, 9.17) is 13.9 Å². The van der Waals surface area contributed by atoms with Crippen LogP contribution in [0.2, 0.25) is 0 Å². The van der Waals surface area contributed by atoms with Crippen LogP contribution >= 0.6 is 0 Å². The van der Waals surface area contributed by atoms with Crippen LogP contribution in [-0.4, -0.2) is 97.3 Å². The van der Waals surface area contributed by atoms with Gasteiger partial charge in [0.2, 0.25) is 0 Å². The number of esters is 2. The first-order valence-corrected chi connectivity index (χ1v) is 13.4. The molecule has 3 heterocycles. The molecule has 1 unspecified atom stereocenters. The first kappa shape index (κ1) is 30.8. The molecule has 2 saturated heterocycles. The number of aromatic nitrogens is 1. The summed E-state index contributed by atoms with van der Waals surface area (Å²) in [6, 6.07) is 5.72. The molecule has 1 atom stereocenters.